The standard InChI is InChI=1S/C11H18N2O2/c1-4-5-10-12-7-6-9(13-10)8-11(14-2)15-3/h6-7,11H,4-5,8H2,1-3H3. The molecule has 84 valence electrons. The van der Waals surface area contributed by atoms with Gasteiger partial charge in [-0.15, -0.1) is 0 Å². The highest BCUT2D eigenvalue weighted by atomic mass is 16.7. The van der Waals surface area contributed by atoms with E-state index in [2.05, 4.69) is 16.9 Å². The van der Waals surface area contributed by atoms with Crippen LogP contribution in [0, 0.1) is 0 Å². The van der Waals surface area contributed by atoms with Crippen molar-refractivity contribution in [2.45, 2.75) is 32.5 Å². The van der Waals surface area contributed by atoms with Gasteiger partial charge in [0.1, 0.15) is 5.82 Å². The van der Waals surface area contributed by atoms with Gasteiger partial charge in [-0.2, -0.15) is 0 Å². The third-order valence-corrected chi connectivity index (χ3v) is 2.14. The lowest BCUT2D eigenvalue weighted by Gasteiger charge is -2.12. The smallest absolute Gasteiger partial charge is 0.162 e. The fourth-order valence-corrected chi connectivity index (χ4v) is 1.33. The van der Waals surface area contributed by atoms with Gasteiger partial charge in [-0.3, -0.25) is 0 Å². The van der Waals surface area contributed by atoms with Gasteiger partial charge in [0, 0.05) is 39.0 Å². The highest BCUT2D eigenvalue weighted by Gasteiger charge is 2.08. The Labute approximate surface area is 90.7 Å². The third-order valence-electron chi connectivity index (χ3n) is 2.14. The number of methoxy groups -OCH3 is 2. The topological polar surface area (TPSA) is 44.2 Å². The van der Waals surface area contributed by atoms with Gasteiger partial charge in [0.15, 0.2) is 6.29 Å². The van der Waals surface area contributed by atoms with E-state index in [9.17, 15) is 0 Å². The molecule has 1 aromatic heterocycles. The van der Waals surface area contributed by atoms with E-state index in [1.807, 2.05) is 6.07 Å². The van der Waals surface area contributed by atoms with E-state index in [1.54, 1.807) is 20.4 Å². The number of aryl methyl sites for hydroxylation is 1. The van der Waals surface area contributed by atoms with Crippen LogP contribution in [0.1, 0.15) is 24.9 Å². The predicted octanol–water partition coefficient (Wildman–Crippen LogP) is 1.59. The van der Waals surface area contributed by atoms with Crippen LogP contribution in [-0.4, -0.2) is 30.5 Å². The first-order chi connectivity index (χ1) is 7.30. The van der Waals surface area contributed by atoms with E-state index in [0.717, 1.165) is 24.4 Å². The van der Waals surface area contributed by atoms with Crippen LogP contribution >= 0.6 is 0 Å². The Bertz CT molecular complexity index is 288. The summed E-state index contributed by atoms with van der Waals surface area (Å²) >= 11 is 0. The van der Waals surface area contributed by atoms with Crippen molar-refractivity contribution >= 4 is 0 Å². The van der Waals surface area contributed by atoms with Crippen molar-refractivity contribution in [2.75, 3.05) is 14.2 Å². The molecule has 0 saturated carbocycles. The Kier molecular flexibility index (Phi) is 5.21. The summed E-state index contributed by atoms with van der Waals surface area (Å²) in [5.74, 6) is 0.890. The molecule has 0 N–H and O–H groups in total. The van der Waals surface area contributed by atoms with Crippen molar-refractivity contribution in [3.63, 3.8) is 0 Å². The predicted molar refractivity (Wildman–Crippen MR) is 57.5 cm³/mol. The average Bonchev–Trinajstić information content (AvgIpc) is 2.27. The molecule has 1 aromatic rings. The third kappa shape index (κ3) is 3.93. The number of aromatic nitrogens is 2. The van der Waals surface area contributed by atoms with Crippen molar-refractivity contribution in [3.05, 3.63) is 23.8 Å². The minimum atomic E-state index is -0.227. The van der Waals surface area contributed by atoms with Gasteiger partial charge in [0.05, 0.1) is 0 Å². The summed E-state index contributed by atoms with van der Waals surface area (Å²) in [4.78, 5) is 8.62. The highest BCUT2D eigenvalue weighted by molar-refractivity contribution is 5.03. The van der Waals surface area contributed by atoms with Crippen molar-refractivity contribution in [2.24, 2.45) is 0 Å². The summed E-state index contributed by atoms with van der Waals surface area (Å²) in [5.41, 5.74) is 0.960. The van der Waals surface area contributed by atoms with Crippen molar-refractivity contribution < 1.29 is 9.47 Å². The molecular formula is C11H18N2O2. The SMILES string of the molecule is CCCc1nccc(CC(OC)OC)n1. The quantitative estimate of drug-likeness (QED) is 0.669. The molecule has 0 unspecified atom stereocenters. The number of hydrogen-bond donors (Lipinski definition) is 0. The van der Waals surface area contributed by atoms with Gasteiger partial charge in [0.25, 0.3) is 0 Å². The molecule has 15 heavy (non-hydrogen) atoms. The second-order valence-corrected chi connectivity index (χ2v) is 3.32. The molecule has 0 amide bonds. The van der Waals surface area contributed by atoms with Crippen molar-refractivity contribution in [1.82, 2.24) is 9.97 Å². The number of nitrogens with zero attached hydrogens (tertiary/aromatic N) is 2. The molecular weight excluding hydrogens is 192 g/mol. The van der Waals surface area contributed by atoms with E-state index in [4.69, 9.17) is 9.47 Å². The van der Waals surface area contributed by atoms with Crippen molar-refractivity contribution in [3.8, 4) is 0 Å². The summed E-state index contributed by atoms with van der Waals surface area (Å²) in [6.45, 7) is 2.11. The molecule has 0 radical (unpaired) electrons. The van der Waals surface area contributed by atoms with Gasteiger partial charge >= 0.3 is 0 Å². The molecule has 0 fully saturated rings. The van der Waals surface area contributed by atoms with Gasteiger partial charge in [-0.1, -0.05) is 6.92 Å². The molecule has 4 heteroatoms. The number of rotatable bonds is 6. The minimum absolute atomic E-state index is 0.227. The fourth-order valence-electron chi connectivity index (χ4n) is 1.33. The number of hydrogen-bond acceptors (Lipinski definition) is 4. The molecule has 0 atom stereocenters. The first-order valence-corrected chi connectivity index (χ1v) is 5.16. The lowest BCUT2D eigenvalue weighted by Crippen LogP contribution is -2.17. The lowest BCUT2D eigenvalue weighted by molar-refractivity contribution is -0.101. The molecule has 1 heterocycles. The van der Waals surface area contributed by atoms with E-state index >= 15 is 0 Å². The van der Waals surface area contributed by atoms with E-state index in [0.29, 0.717) is 6.42 Å². The largest absolute Gasteiger partial charge is 0.356 e. The van der Waals surface area contributed by atoms with Gasteiger partial charge in [-0.25, -0.2) is 9.97 Å². The van der Waals surface area contributed by atoms with Crippen LogP contribution in [0.5, 0.6) is 0 Å². The van der Waals surface area contributed by atoms with E-state index in [-0.39, 0.29) is 6.29 Å². The number of ether oxygens (including phenoxy) is 2. The van der Waals surface area contributed by atoms with Crippen LogP contribution in [0.3, 0.4) is 0 Å². The highest BCUT2D eigenvalue weighted by Crippen LogP contribution is 2.04. The van der Waals surface area contributed by atoms with Crippen LogP contribution in [0.4, 0.5) is 0 Å². The lowest BCUT2D eigenvalue weighted by atomic mass is 10.2. The summed E-state index contributed by atoms with van der Waals surface area (Å²) in [5, 5.41) is 0. The molecule has 0 aliphatic carbocycles. The monoisotopic (exact) mass is 210 g/mol. The summed E-state index contributed by atoms with van der Waals surface area (Å²) in [7, 11) is 3.25. The average molecular weight is 210 g/mol. The minimum Gasteiger partial charge on any atom is -0.356 e. The molecule has 0 spiro atoms. The maximum Gasteiger partial charge on any atom is 0.162 e. The first kappa shape index (κ1) is 12.1. The van der Waals surface area contributed by atoms with Crippen LogP contribution in [0.15, 0.2) is 12.3 Å². The van der Waals surface area contributed by atoms with Crippen LogP contribution in [0.25, 0.3) is 0 Å². The normalized spacial score (nSPS) is 10.9. The van der Waals surface area contributed by atoms with Crippen molar-refractivity contribution in [1.29, 1.82) is 0 Å². The summed E-state index contributed by atoms with van der Waals surface area (Å²) < 4.78 is 10.2. The zero-order valence-electron chi connectivity index (χ0n) is 9.56. The second kappa shape index (κ2) is 6.48. The molecule has 0 bridgehead atoms. The Hall–Kier alpha value is -1.00. The van der Waals surface area contributed by atoms with Gasteiger partial charge < -0.3 is 9.47 Å². The zero-order valence-corrected chi connectivity index (χ0v) is 9.56. The van der Waals surface area contributed by atoms with E-state index in [1.165, 1.54) is 0 Å². The molecule has 4 nitrogen and oxygen atoms in total. The van der Waals surface area contributed by atoms with Crippen LogP contribution in [0.2, 0.25) is 0 Å². The maximum absolute atomic E-state index is 5.12. The van der Waals surface area contributed by atoms with Crippen LogP contribution in [-0.2, 0) is 22.3 Å². The van der Waals surface area contributed by atoms with Crippen LogP contribution < -0.4 is 0 Å². The maximum atomic E-state index is 5.12. The molecule has 0 aliphatic heterocycles. The fraction of sp³-hybridized carbons (Fsp3) is 0.636. The zero-order chi connectivity index (χ0) is 11.1. The molecule has 0 aliphatic rings. The Morgan fingerprint density at radius 3 is 2.67 bits per heavy atom. The molecule has 0 aromatic carbocycles. The Balaban J connectivity index is 2.64. The summed E-state index contributed by atoms with van der Waals surface area (Å²) in [6.07, 6.45) is 4.19. The van der Waals surface area contributed by atoms with E-state index < -0.39 is 0 Å². The second-order valence-electron chi connectivity index (χ2n) is 3.32. The molecule has 0 saturated heterocycles. The molecule has 1 rings (SSSR count). The van der Waals surface area contributed by atoms with Gasteiger partial charge in [-0.05, 0) is 12.5 Å². The summed E-state index contributed by atoms with van der Waals surface area (Å²) in [6, 6.07) is 1.89. The Morgan fingerprint density at radius 1 is 1.33 bits per heavy atom. The Morgan fingerprint density at radius 2 is 2.07 bits per heavy atom. The van der Waals surface area contributed by atoms with Gasteiger partial charge in [0.2, 0.25) is 0 Å². The first-order valence-electron chi connectivity index (χ1n) is 5.16.